The molecule has 1 aromatic heterocycles. The van der Waals surface area contributed by atoms with E-state index in [0.29, 0.717) is 28.8 Å². The Morgan fingerprint density at radius 2 is 2.12 bits per heavy atom. The van der Waals surface area contributed by atoms with E-state index < -0.39 is 0 Å². The number of rotatable bonds is 5. The number of methoxy groups -OCH3 is 1. The molecule has 0 spiro atoms. The molecule has 1 aromatic carbocycles. The van der Waals surface area contributed by atoms with Crippen LogP contribution in [0.4, 0.5) is 4.39 Å². The summed E-state index contributed by atoms with van der Waals surface area (Å²) in [5.41, 5.74) is 2.89. The van der Waals surface area contributed by atoms with Crippen LogP contribution in [0.25, 0.3) is 11.3 Å². The predicted molar refractivity (Wildman–Crippen MR) is 98.5 cm³/mol. The fourth-order valence-electron chi connectivity index (χ4n) is 4.01. The van der Waals surface area contributed by atoms with E-state index in [1.807, 2.05) is 6.07 Å². The zero-order valence-electron chi connectivity index (χ0n) is 15.0. The number of benzene rings is 1. The SMILES string of the molecule is CC[C@H]1CC[C@](CC)(COC)c2nnc(-c3c(F)cccc3Cl)cc21. The smallest absolute Gasteiger partial charge is 0.134 e. The van der Waals surface area contributed by atoms with Gasteiger partial charge in [0.05, 0.1) is 28.6 Å². The summed E-state index contributed by atoms with van der Waals surface area (Å²) in [4.78, 5) is 0. The van der Waals surface area contributed by atoms with Crippen LogP contribution in [0.5, 0.6) is 0 Å². The van der Waals surface area contributed by atoms with Gasteiger partial charge < -0.3 is 4.74 Å². The van der Waals surface area contributed by atoms with Gasteiger partial charge in [-0.2, -0.15) is 10.2 Å². The van der Waals surface area contributed by atoms with Gasteiger partial charge in [-0.25, -0.2) is 4.39 Å². The highest BCUT2D eigenvalue weighted by Crippen LogP contribution is 2.46. The molecule has 0 saturated heterocycles. The van der Waals surface area contributed by atoms with Crippen molar-refractivity contribution in [1.82, 2.24) is 10.2 Å². The lowest BCUT2D eigenvalue weighted by molar-refractivity contribution is 0.108. The number of hydrogen-bond acceptors (Lipinski definition) is 3. The molecule has 0 bridgehead atoms. The predicted octanol–water partition coefficient (Wildman–Crippen LogP) is 5.52. The van der Waals surface area contributed by atoms with Crippen molar-refractivity contribution < 1.29 is 9.13 Å². The normalized spacial score (nSPS) is 22.7. The Hall–Kier alpha value is -1.52. The fourth-order valence-corrected chi connectivity index (χ4v) is 4.27. The van der Waals surface area contributed by atoms with Gasteiger partial charge in [0, 0.05) is 12.5 Å². The van der Waals surface area contributed by atoms with E-state index in [2.05, 4.69) is 24.0 Å². The second-order valence-corrected chi connectivity index (χ2v) is 7.25. The summed E-state index contributed by atoms with van der Waals surface area (Å²) in [6.45, 7) is 4.97. The van der Waals surface area contributed by atoms with E-state index in [4.69, 9.17) is 16.3 Å². The number of fused-ring (bicyclic) bond motifs is 1. The van der Waals surface area contributed by atoms with E-state index in [-0.39, 0.29) is 11.2 Å². The minimum absolute atomic E-state index is 0.111. The van der Waals surface area contributed by atoms with Gasteiger partial charge in [-0.1, -0.05) is 31.5 Å². The second-order valence-electron chi connectivity index (χ2n) is 6.84. The molecule has 0 fully saturated rings. The second kappa shape index (κ2) is 7.38. The number of ether oxygens (including phenoxy) is 1. The molecular formula is C20H24ClFN2O. The zero-order valence-corrected chi connectivity index (χ0v) is 15.7. The molecular weight excluding hydrogens is 339 g/mol. The minimum Gasteiger partial charge on any atom is -0.384 e. The molecule has 0 aliphatic heterocycles. The van der Waals surface area contributed by atoms with Gasteiger partial charge in [-0.3, -0.25) is 0 Å². The highest BCUT2D eigenvalue weighted by Gasteiger charge is 2.40. The van der Waals surface area contributed by atoms with Crippen LogP contribution in [0, 0.1) is 5.82 Å². The van der Waals surface area contributed by atoms with Crippen molar-refractivity contribution in [2.24, 2.45) is 0 Å². The molecule has 2 aromatic rings. The van der Waals surface area contributed by atoms with Crippen LogP contribution >= 0.6 is 11.6 Å². The minimum atomic E-state index is -0.371. The lowest BCUT2D eigenvalue weighted by Crippen LogP contribution is -2.37. The number of halogens is 2. The molecule has 0 saturated carbocycles. The van der Waals surface area contributed by atoms with Crippen molar-refractivity contribution in [2.75, 3.05) is 13.7 Å². The maximum atomic E-state index is 14.3. The first-order chi connectivity index (χ1) is 12.1. The maximum Gasteiger partial charge on any atom is 0.134 e. The lowest BCUT2D eigenvalue weighted by atomic mass is 9.67. The number of hydrogen-bond donors (Lipinski definition) is 0. The summed E-state index contributed by atoms with van der Waals surface area (Å²) < 4.78 is 19.8. The third kappa shape index (κ3) is 3.18. The van der Waals surface area contributed by atoms with E-state index >= 15 is 0 Å². The Labute approximate surface area is 153 Å². The van der Waals surface area contributed by atoms with E-state index in [1.54, 1.807) is 19.2 Å². The van der Waals surface area contributed by atoms with E-state index in [9.17, 15) is 4.39 Å². The standard InChI is InChI=1S/C20H24ClFN2O/c1-4-13-9-10-20(5-2,12-25-3)19-14(13)11-17(23-24-19)18-15(21)7-6-8-16(18)22/h6-8,11,13H,4-5,9-10,12H2,1-3H3/t13-,20+/m0/s1. The van der Waals surface area contributed by atoms with Crippen molar-refractivity contribution in [1.29, 1.82) is 0 Å². The molecule has 1 aliphatic carbocycles. The van der Waals surface area contributed by atoms with Gasteiger partial charge in [-0.15, -0.1) is 0 Å². The van der Waals surface area contributed by atoms with E-state index in [0.717, 1.165) is 36.9 Å². The third-order valence-corrected chi connectivity index (χ3v) is 5.86. The highest BCUT2D eigenvalue weighted by atomic mass is 35.5. The monoisotopic (exact) mass is 362 g/mol. The fraction of sp³-hybridized carbons (Fsp3) is 0.500. The Bertz CT molecular complexity index is 747. The first kappa shape index (κ1) is 18.3. The summed E-state index contributed by atoms with van der Waals surface area (Å²) in [6, 6.07) is 6.67. The summed E-state index contributed by atoms with van der Waals surface area (Å²) in [6.07, 6.45) is 4.09. The molecule has 1 aliphatic rings. The summed E-state index contributed by atoms with van der Waals surface area (Å²) >= 11 is 6.22. The molecule has 3 nitrogen and oxygen atoms in total. The summed E-state index contributed by atoms with van der Waals surface area (Å²) in [7, 11) is 1.73. The van der Waals surface area contributed by atoms with E-state index in [1.165, 1.54) is 6.07 Å². The molecule has 25 heavy (non-hydrogen) atoms. The van der Waals surface area contributed by atoms with Crippen LogP contribution in [0.3, 0.4) is 0 Å². The van der Waals surface area contributed by atoms with Crippen molar-refractivity contribution in [2.45, 2.75) is 50.9 Å². The average Bonchev–Trinajstić information content (AvgIpc) is 2.62. The molecule has 134 valence electrons. The Balaban J connectivity index is 2.17. The van der Waals surface area contributed by atoms with Crippen molar-refractivity contribution >= 4 is 11.6 Å². The van der Waals surface area contributed by atoms with Crippen LogP contribution in [-0.2, 0) is 10.2 Å². The van der Waals surface area contributed by atoms with Gasteiger partial charge in [0.25, 0.3) is 0 Å². The maximum absolute atomic E-state index is 14.3. The lowest BCUT2D eigenvalue weighted by Gasteiger charge is -2.39. The molecule has 5 heteroatoms. The highest BCUT2D eigenvalue weighted by molar-refractivity contribution is 6.33. The average molecular weight is 363 g/mol. The molecule has 0 amide bonds. The quantitative estimate of drug-likeness (QED) is 0.702. The van der Waals surface area contributed by atoms with Gasteiger partial charge in [0.15, 0.2) is 0 Å². The number of aromatic nitrogens is 2. The summed E-state index contributed by atoms with van der Waals surface area (Å²) in [5, 5.41) is 9.27. The van der Waals surface area contributed by atoms with Crippen molar-refractivity contribution in [3.8, 4) is 11.3 Å². The van der Waals surface area contributed by atoms with Crippen molar-refractivity contribution in [3.05, 3.63) is 46.4 Å². The first-order valence-electron chi connectivity index (χ1n) is 8.87. The Morgan fingerprint density at radius 1 is 1.32 bits per heavy atom. The Kier molecular flexibility index (Phi) is 5.40. The zero-order chi connectivity index (χ0) is 18.0. The van der Waals surface area contributed by atoms with Gasteiger partial charge in [-0.05, 0) is 55.4 Å². The van der Waals surface area contributed by atoms with Gasteiger partial charge in [0.2, 0.25) is 0 Å². The van der Waals surface area contributed by atoms with Crippen LogP contribution in [0.1, 0.15) is 56.7 Å². The molecule has 0 radical (unpaired) electrons. The topological polar surface area (TPSA) is 35.0 Å². The van der Waals surface area contributed by atoms with Crippen LogP contribution < -0.4 is 0 Å². The number of nitrogens with zero attached hydrogens (tertiary/aromatic N) is 2. The Morgan fingerprint density at radius 3 is 2.76 bits per heavy atom. The van der Waals surface area contributed by atoms with Crippen LogP contribution in [0.2, 0.25) is 5.02 Å². The molecule has 0 unspecified atom stereocenters. The molecule has 1 heterocycles. The third-order valence-electron chi connectivity index (χ3n) is 5.55. The van der Waals surface area contributed by atoms with Crippen LogP contribution in [-0.4, -0.2) is 23.9 Å². The molecule has 3 rings (SSSR count). The van der Waals surface area contributed by atoms with Gasteiger partial charge >= 0.3 is 0 Å². The summed E-state index contributed by atoms with van der Waals surface area (Å²) in [5.74, 6) is 0.0376. The molecule has 0 N–H and O–H groups in total. The molecule has 2 atom stereocenters. The van der Waals surface area contributed by atoms with Crippen LogP contribution in [0.15, 0.2) is 24.3 Å². The van der Waals surface area contributed by atoms with Crippen molar-refractivity contribution in [3.63, 3.8) is 0 Å². The van der Waals surface area contributed by atoms with Gasteiger partial charge in [0.1, 0.15) is 5.82 Å². The largest absolute Gasteiger partial charge is 0.384 e. The first-order valence-corrected chi connectivity index (χ1v) is 9.25.